The predicted octanol–water partition coefficient (Wildman–Crippen LogP) is 0.566. The summed E-state index contributed by atoms with van der Waals surface area (Å²) < 4.78 is 18.2. The Morgan fingerprint density at radius 1 is 1.20 bits per heavy atom. The summed E-state index contributed by atoms with van der Waals surface area (Å²) in [6.45, 7) is 0.702. The topological polar surface area (TPSA) is 136 Å². The molecule has 1 atom stereocenters. The van der Waals surface area contributed by atoms with Gasteiger partial charge in [0.15, 0.2) is 11.5 Å². The van der Waals surface area contributed by atoms with Gasteiger partial charge in [-0.1, -0.05) is 30.3 Å². The summed E-state index contributed by atoms with van der Waals surface area (Å²) in [7, 11) is -1.52. The van der Waals surface area contributed by atoms with Gasteiger partial charge >= 0.3 is 7.12 Å². The number of halogens is 1. The number of hydrogen-bond donors (Lipinski definition) is 5. The minimum atomic E-state index is -1.52. The molecule has 30 heavy (non-hydrogen) atoms. The second kappa shape index (κ2) is 8.62. The lowest BCUT2D eigenvalue weighted by Gasteiger charge is -2.28. The van der Waals surface area contributed by atoms with Crippen molar-refractivity contribution in [3.05, 3.63) is 70.7 Å². The molecule has 1 heterocycles. The van der Waals surface area contributed by atoms with Crippen LogP contribution in [-0.2, 0) is 13.0 Å². The first-order chi connectivity index (χ1) is 14.5. The lowest BCUT2D eigenvalue weighted by atomic mass is 9.77. The monoisotopic (exact) mass is 411 g/mol. The Morgan fingerprint density at radius 3 is 2.73 bits per heavy atom. The van der Waals surface area contributed by atoms with Crippen molar-refractivity contribution in [2.45, 2.75) is 18.9 Å². The first kappa shape index (κ1) is 20.0. The smallest absolute Gasteiger partial charge is 0.423 e. The fourth-order valence-electron chi connectivity index (χ4n) is 3.36. The van der Waals surface area contributed by atoms with Crippen LogP contribution in [0.4, 0.5) is 10.2 Å². The van der Waals surface area contributed by atoms with Gasteiger partial charge in [-0.25, -0.2) is 9.02 Å². The quantitative estimate of drug-likeness (QED) is 0.165. The van der Waals surface area contributed by atoms with E-state index in [0.29, 0.717) is 18.6 Å². The third-order valence-corrected chi connectivity index (χ3v) is 5.04. The van der Waals surface area contributed by atoms with Crippen LogP contribution in [0.1, 0.15) is 28.3 Å². The Balaban J connectivity index is 1.42. The minimum absolute atomic E-state index is 0.0655. The molecule has 11 heteroatoms. The van der Waals surface area contributed by atoms with Gasteiger partial charge < -0.3 is 15.4 Å². The Bertz CT molecular complexity index is 1060. The van der Waals surface area contributed by atoms with Crippen LogP contribution in [0.25, 0.3) is 0 Å². The maximum absolute atomic E-state index is 13.4. The highest BCUT2D eigenvalue weighted by Gasteiger charge is 2.27. The normalized spacial score (nSPS) is 15.3. The van der Waals surface area contributed by atoms with Crippen LogP contribution in [0.2, 0.25) is 0 Å². The van der Waals surface area contributed by atoms with E-state index < -0.39 is 7.12 Å². The van der Waals surface area contributed by atoms with Crippen molar-refractivity contribution in [1.29, 1.82) is 0 Å². The van der Waals surface area contributed by atoms with Crippen LogP contribution < -0.4 is 16.3 Å². The average molecular weight is 411 g/mol. The number of nitrogens with one attached hydrogen (secondary N) is 2. The second-order valence-corrected chi connectivity index (χ2v) is 6.98. The van der Waals surface area contributed by atoms with Gasteiger partial charge in [-0.2, -0.15) is 0 Å². The zero-order valence-electron chi connectivity index (χ0n) is 15.8. The van der Waals surface area contributed by atoms with Crippen LogP contribution >= 0.6 is 0 Å². The van der Waals surface area contributed by atoms with Gasteiger partial charge in [0.05, 0.1) is 0 Å². The van der Waals surface area contributed by atoms with Crippen LogP contribution in [0.15, 0.2) is 52.1 Å². The highest BCUT2D eigenvalue weighted by Crippen LogP contribution is 2.35. The van der Waals surface area contributed by atoms with Crippen molar-refractivity contribution < 1.29 is 24.3 Å². The fraction of sp³-hybridized carbons (Fsp3) is 0.211. The maximum atomic E-state index is 13.4. The summed E-state index contributed by atoms with van der Waals surface area (Å²) in [5, 5.41) is 38.4. The first-order valence-electron chi connectivity index (χ1n) is 9.30. The molecular weight excluding hydrogens is 392 g/mol. The zero-order valence-corrected chi connectivity index (χ0v) is 15.8. The van der Waals surface area contributed by atoms with Crippen LogP contribution in [0, 0.1) is 5.82 Å². The largest absolute Gasteiger partial charge is 0.488 e. The number of aromatic nitrogens is 2. The second-order valence-electron chi connectivity index (χ2n) is 6.98. The molecule has 1 aromatic heterocycles. The number of aliphatic imine (C=N–C) groups is 1. The van der Waals surface area contributed by atoms with Crippen LogP contribution in [0.5, 0.6) is 0 Å². The maximum Gasteiger partial charge on any atom is 0.488 e. The highest BCUT2D eigenvalue weighted by molar-refractivity contribution is 6.58. The zero-order chi connectivity index (χ0) is 21.1. The number of benzene rings is 2. The Hall–Kier alpha value is -3.28. The molecule has 9 nitrogen and oxygen atoms in total. The van der Waals surface area contributed by atoms with E-state index in [4.69, 9.17) is 14.7 Å². The summed E-state index contributed by atoms with van der Waals surface area (Å²) in [4.78, 5) is 4.36. The third kappa shape index (κ3) is 4.18. The highest BCUT2D eigenvalue weighted by atomic mass is 19.1. The molecule has 0 radical (unpaired) electrons. The predicted molar refractivity (Wildman–Crippen MR) is 107 cm³/mol. The number of anilines is 1. The Kier molecular flexibility index (Phi) is 5.75. The number of fused-ring (bicyclic) bond motifs is 1. The van der Waals surface area contributed by atoms with E-state index >= 15 is 0 Å². The summed E-state index contributed by atoms with van der Waals surface area (Å²) in [6, 6.07) is 11.4. The molecular formula is C19H19BFN5O4. The lowest BCUT2D eigenvalue weighted by Crippen LogP contribution is -2.29. The van der Waals surface area contributed by atoms with E-state index in [-0.39, 0.29) is 29.1 Å². The van der Waals surface area contributed by atoms with E-state index in [1.807, 2.05) is 5.48 Å². The SMILES string of the molecule is ONC(=NC[C@H]1Cc2ccc(F)cc21)c1nonc1NCc1ccc(B(O)O)cc1. The number of nitrogens with zero attached hydrogens (tertiary/aromatic N) is 3. The number of hydrogen-bond acceptors (Lipinski definition) is 8. The third-order valence-electron chi connectivity index (χ3n) is 5.04. The van der Waals surface area contributed by atoms with E-state index in [2.05, 4.69) is 20.6 Å². The summed E-state index contributed by atoms with van der Waals surface area (Å²) in [6.07, 6.45) is 0.790. The molecule has 3 aromatic rings. The van der Waals surface area contributed by atoms with Gasteiger partial charge in [0, 0.05) is 19.0 Å². The van der Waals surface area contributed by atoms with Gasteiger partial charge in [-0.15, -0.1) is 0 Å². The standard InChI is InChI=1S/C19H19BFN5O4/c21-15-6-3-12-7-13(16(12)8-15)10-23-18(24-29)17-19(26-30-25-17)22-9-11-1-4-14(5-2-11)20(27)28/h1-6,8,13,27-29H,7,9-10H2,(H,22,26)(H,23,24)/t13-/m1/s1. The van der Waals surface area contributed by atoms with Gasteiger partial charge in [0.1, 0.15) is 5.82 Å². The van der Waals surface area contributed by atoms with Crippen LogP contribution in [-0.4, -0.2) is 45.1 Å². The Morgan fingerprint density at radius 2 is 2.00 bits per heavy atom. The first-order valence-corrected chi connectivity index (χ1v) is 9.30. The van der Waals surface area contributed by atoms with Gasteiger partial charge in [-0.3, -0.25) is 15.7 Å². The molecule has 1 aliphatic rings. The summed E-state index contributed by atoms with van der Waals surface area (Å²) >= 11 is 0. The van der Waals surface area contributed by atoms with E-state index in [1.54, 1.807) is 30.3 Å². The summed E-state index contributed by atoms with van der Waals surface area (Å²) in [5.41, 5.74) is 5.49. The van der Waals surface area contributed by atoms with Crippen molar-refractivity contribution in [1.82, 2.24) is 15.8 Å². The molecule has 1 aliphatic carbocycles. The molecule has 4 rings (SSSR count). The molecule has 0 fully saturated rings. The minimum Gasteiger partial charge on any atom is -0.423 e. The van der Waals surface area contributed by atoms with Crippen molar-refractivity contribution in [3.63, 3.8) is 0 Å². The molecule has 0 bridgehead atoms. The number of hydroxylamine groups is 1. The van der Waals surface area contributed by atoms with Crippen molar-refractivity contribution in [2.75, 3.05) is 11.9 Å². The molecule has 0 unspecified atom stereocenters. The summed E-state index contributed by atoms with van der Waals surface area (Å²) in [5.74, 6) is 0.149. The lowest BCUT2D eigenvalue weighted by molar-refractivity contribution is 0.233. The number of amidine groups is 1. The van der Waals surface area contributed by atoms with Crippen molar-refractivity contribution in [3.8, 4) is 0 Å². The molecule has 0 spiro atoms. The van der Waals surface area contributed by atoms with Gasteiger partial charge in [0.2, 0.25) is 5.82 Å². The average Bonchev–Trinajstić information content (AvgIpc) is 3.20. The molecule has 5 N–H and O–H groups in total. The molecule has 0 aliphatic heterocycles. The van der Waals surface area contributed by atoms with E-state index in [1.165, 1.54) is 12.1 Å². The van der Waals surface area contributed by atoms with Crippen molar-refractivity contribution >= 4 is 24.2 Å². The van der Waals surface area contributed by atoms with E-state index in [0.717, 1.165) is 23.1 Å². The van der Waals surface area contributed by atoms with Gasteiger partial charge in [-0.05, 0) is 51.0 Å². The van der Waals surface area contributed by atoms with Crippen LogP contribution in [0.3, 0.4) is 0 Å². The van der Waals surface area contributed by atoms with Crippen molar-refractivity contribution in [2.24, 2.45) is 4.99 Å². The fourth-order valence-corrected chi connectivity index (χ4v) is 3.36. The molecule has 0 saturated carbocycles. The van der Waals surface area contributed by atoms with E-state index in [9.17, 15) is 9.60 Å². The molecule has 0 saturated heterocycles. The number of rotatable bonds is 7. The molecule has 154 valence electrons. The molecule has 2 aromatic carbocycles. The Labute approximate surface area is 171 Å². The molecule has 0 amide bonds. The van der Waals surface area contributed by atoms with Gasteiger partial charge in [0.25, 0.3) is 0 Å².